The fourth-order valence-electron chi connectivity index (χ4n) is 2.17. The highest BCUT2D eigenvalue weighted by molar-refractivity contribution is 5.85. The van der Waals surface area contributed by atoms with E-state index in [1.807, 2.05) is 35.0 Å². The van der Waals surface area contributed by atoms with Gasteiger partial charge >= 0.3 is 0 Å². The van der Waals surface area contributed by atoms with Crippen LogP contribution in [0.1, 0.15) is 19.4 Å². The number of amides is 1. The van der Waals surface area contributed by atoms with Gasteiger partial charge in [-0.3, -0.25) is 4.79 Å². The van der Waals surface area contributed by atoms with E-state index >= 15 is 0 Å². The van der Waals surface area contributed by atoms with Gasteiger partial charge in [0.05, 0.1) is 5.52 Å². The predicted molar refractivity (Wildman–Crippen MR) is 77.7 cm³/mol. The molecule has 102 valence electrons. The smallest absolute Gasteiger partial charge is 0.239 e. The normalized spacial score (nSPS) is 11.2. The fraction of sp³-hybridized carbons (Fsp3) is 0.400. The molecule has 4 nitrogen and oxygen atoms in total. The van der Waals surface area contributed by atoms with Crippen LogP contribution in [0.2, 0.25) is 0 Å². The summed E-state index contributed by atoms with van der Waals surface area (Å²) >= 11 is 0. The molecule has 0 radical (unpaired) electrons. The van der Waals surface area contributed by atoms with Gasteiger partial charge in [0.25, 0.3) is 0 Å². The summed E-state index contributed by atoms with van der Waals surface area (Å²) < 4.78 is 1.97. The first kappa shape index (κ1) is 13.6. The lowest BCUT2D eigenvalue weighted by atomic mass is 10.1. The second kappa shape index (κ2) is 5.89. The number of hydrogen-bond acceptors (Lipinski definition) is 2. The zero-order valence-corrected chi connectivity index (χ0v) is 11.5. The average Bonchev–Trinajstić information content (AvgIpc) is 2.79. The minimum absolute atomic E-state index is 0.0398. The number of carbonyl (C=O) groups excluding carboxylic acids is 1. The Bertz CT molecular complexity index is 572. The molecule has 0 aliphatic heterocycles. The third-order valence-electron chi connectivity index (χ3n) is 3.11. The quantitative estimate of drug-likeness (QED) is 0.861. The first-order valence-corrected chi connectivity index (χ1v) is 6.65. The molecule has 1 heterocycles. The summed E-state index contributed by atoms with van der Waals surface area (Å²) in [6.07, 6.45) is 1.94. The van der Waals surface area contributed by atoms with Gasteiger partial charge in [0.1, 0.15) is 6.54 Å². The Hall–Kier alpha value is -1.81. The molecule has 19 heavy (non-hydrogen) atoms. The summed E-state index contributed by atoms with van der Waals surface area (Å²) in [5.41, 5.74) is 7.89. The van der Waals surface area contributed by atoms with Crippen LogP contribution in [0.4, 0.5) is 0 Å². The lowest BCUT2D eigenvalue weighted by Crippen LogP contribution is -2.30. The number of nitrogens with zero attached hydrogens (tertiary/aromatic N) is 1. The molecule has 0 saturated heterocycles. The van der Waals surface area contributed by atoms with Crippen molar-refractivity contribution >= 4 is 16.8 Å². The second-order valence-electron chi connectivity index (χ2n) is 5.20. The van der Waals surface area contributed by atoms with Gasteiger partial charge in [0.2, 0.25) is 5.91 Å². The highest BCUT2D eigenvalue weighted by Crippen LogP contribution is 2.19. The van der Waals surface area contributed by atoms with Crippen molar-refractivity contribution in [3.8, 4) is 0 Å². The number of nitrogens with one attached hydrogen (secondary N) is 1. The minimum Gasteiger partial charge on any atom is -0.354 e. The van der Waals surface area contributed by atoms with E-state index in [4.69, 9.17) is 5.73 Å². The molecule has 0 bridgehead atoms. The molecule has 1 aromatic heterocycles. The molecule has 1 amide bonds. The van der Waals surface area contributed by atoms with Crippen LogP contribution in [-0.2, 0) is 17.9 Å². The van der Waals surface area contributed by atoms with E-state index in [2.05, 4.69) is 19.2 Å². The Labute approximate surface area is 113 Å². The molecule has 0 unspecified atom stereocenters. The number of carbonyl (C=O) groups is 1. The van der Waals surface area contributed by atoms with Crippen molar-refractivity contribution < 1.29 is 4.79 Å². The zero-order valence-electron chi connectivity index (χ0n) is 11.5. The standard InChI is InChI=1S/C15H21N3O/c1-11(2)9-17-14(19)10-18-7-6-12-4-3-5-13(8-16)15(12)18/h3-7,11H,8-10,16H2,1-2H3,(H,17,19). The van der Waals surface area contributed by atoms with Crippen LogP contribution >= 0.6 is 0 Å². The van der Waals surface area contributed by atoms with E-state index in [1.54, 1.807) is 0 Å². The first-order valence-electron chi connectivity index (χ1n) is 6.65. The van der Waals surface area contributed by atoms with Crippen LogP contribution in [0.25, 0.3) is 10.9 Å². The third-order valence-corrected chi connectivity index (χ3v) is 3.11. The van der Waals surface area contributed by atoms with Crippen LogP contribution < -0.4 is 11.1 Å². The monoisotopic (exact) mass is 259 g/mol. The maximum absolute atomic E-state index is 11.9. The van der Waals surface area contributed by atoms with Crippen LogP contribution in [0, 0.1) is 5.92 Å². The molecule has 1 aromatic carbocycles. The SMILES string of the molecule is CC(C)CNC(=O)Cn1ccc2cccc(CN)c21. The van der Waals surface area contributed by atoms with Crippen molar-refractivity contribution in [2.24, 2.45) is 11.7 Å². The molecular formula is C15H21N3O. The van der Waals surface area contributed by atoms with Gasteiger partial charge in [-0.05, 0) is 22.9 Å². The van der Waals surface area contributed by atoms with Crippen LogP contribution in [0.15, 0.2) is 30.5 Å². The summed E-state index contributed by atoms with van der Waals surface area (Å²) in [6, 6.07) is 8.06. The van der Waals surface area contributed by atoms with Crippen LogP contribution in [0.3, 0.4) is 0 Å². The van der Waals surface area contributed by atoms with Gasteiger partial charge in [-0.25, -0.2) is 0 Å². The van der Waals surface area contributed by atoms with Gasteiger partial charge in [-0.15, -0.1) is 0 Å². The Morgan fingerprint density at radius 3 is 2.84 bits per heavy atom. The number of fused-ring (bicyclic) bond motifs is 1. The number of hydrogen-bond donors (Lipinski definition) is 2. The summed E-state index contributed by atoms with van der Waals surface area (Å²) in [5, 5.41) is 4.06. The van der Waals surface area contributed by atoms with Gasteiger partial charge in [0.15, 0.2) is 0 Å². The van der Waals surface area contributed by atoms with Gasteiger partial charge in [-0.1, -0.05) is 32.0 Å². The van der Waals surface area contributed by atoms with Crippen molar-refractivity contribution in [2.45, 2.75) is 26.9 Å². The molecule has 0 spiro atoms. The summed E-state index contributed by atoms with van der Waals surface area (Å²) in [5.74, 6) is 0.503. The highest BCUT2D eigenvalue weighted by Gasteiger charge is 2.09. The Morgan fingerprint density at radius 1 is 1.37 bits per heavy atom. The average molecular weight is 259 g/mol. The van der Waals surface area contributed by atoms with Crippen molar-refractivity contribution in [3.63, 3.8) is 0 Å². The minimum atomic E-state index is 0.0398. The van der Waals surface area contributed by atoms with Crippen molar-refractivity contribution in [2.75, 3.05) is 6.54 Å². The third kappa shape index (κ3) is 3.15. The summed E-state index contributed by atoms with van der Waals surface area (Å²) in [7, 11) is 0. The van der Waals surface area contributed by atoms with Gasteiger partial charge in [-0.2, -0.15) is 0 Å². The Balaban J connectivity index is 2.19. The Morgan fingerprint density at radius 2 is 2.16 bits per heavy atom. The lowest BCUT2D eigenvalue weighted by Gasteiger charge is -2.10. The zero-order chi connectivity index (χ0) is 13.8. The van der Waals surface area contributed by atoms with E-state index in [1.165, 1.54) is 0 Å². The maximum atomic E-state index is 11.9. The molecule has 3 N–H and O–H groups in total. The van der Waals surface area contributed by atoms with E-state index in [0.29, 0.717) is 25.6 Å². The van der Waals surface area contributed by atoms with E-state index in [9.17, 15) is 4.79 Å². The molecule has 2 aromatic rings. The maximum Gasteiger partial charge on any atom is 0.239 e. The predicted octanol–water partition coefficient (Wildman–Crippen LogP) is 1.87. The van der Waals surface area contributed by atoms with Gasteiger partial charge < -0.3 is 15.6 Å². The van der Waals surface area contributed by atoms with Crippen molar-refractivity contribution in [1.82, 2.24) is 9.88 Å². The van der Waals surface area contributed by atoms with Crippen molar-refractivity contribution in [1.29, 1.82) is 0 Å². The molecule has 2 rings (SSSR count). The van der Waals surface area contributed by atoms with E-state index < -0.39 is 0 Å². The van der Waals surface area contributed by atoms with Gasteiger partial charge in [0, 0.05) is 19.3 Å². The molecule has 4 heteroatoms. The van der Waals surface area contributed by atoms with Crippen LogP contribution in [0.5, 0.6) is 0 Å². The van der Waals surface area contributed by atoms with Crippen molar-refractivity contribution in [3.05, 3.63) is 36.0 Å². The topological polar surface area (TPSA) is 60.0 Å². The number of aromatic nitrogens is 1. The number of nitrogens with two attached hydrogens (primary N) is 1. The summed E-state index contributed by atoms with van der Waals surface area (Å²) in [6.45, 7) is 5.69. The lowest BCUT2D eigenvalue weighted by molar-refractivity contribution is -0.121. The summed E-state index contributed by atoms with van der Waals surface area (Å²) in [4.78, 5) is 11.9. The van der Waals surface area contributed by atoms with Crippen LogP contribution in [-0.4, -0.2) is 17.0 Å². The highest BCUT2D eigenvalue weighted by atomic mass is 16.1. The largest absolute Gasteiger partial charge is 0.354 e. The fourth-order valence-corrected chi connectivity index (χ4v) is 2.17. The molecule has 0 aliphatic rings. The molecular weight excluding hydrogens is 238 g/mol. The Kier molecular flexibility index (Phi) is 4.22. The molecule has 0 saturated carbocycles. The second-order valence-corrected chi connectivity index (χ2v) is 5.20. The molecule has 0 fully saturated rings. The van der Waals surface area contributed by atoms with E-state index in [-0.39, 0.29) is 5.91 Å². The number of para-hydroxylation sites is 1. The number of rotatable bonds is 5. The van der Waals surface area contributed by atoms with E-state index in [0.717, 1.165) is 16.5 Å². The molecule has 0 aliphatic carbocycles. The first-order chi connectivity index (χ1) is 9.11. The molecule has 0 atom stereocenters. The number of benzene rings is 1.